The molecule has 1 heterocycles. The fourth-order valence-corrected chi connectivity index (χ4v) is 2.66. The van der Waals surface area contributed by atoms with Gasteiger partial charge in [-0.05, 0) is 45.4 Å². The van der Waals surface area contributed by atoms with Gasteiger partial charge >= 0.3 is 0 Å². The lowest BCUT2D eigenvalue weighted by molar-refractivity contribution is 0.0128. The summed E-state index contributed by atoms with van der Waals surface area (Å²) in [6.45, 7) is 6.30. The molecular formula is C16H22ClN3O. The van der Waals surface area contributed by atoms with Crippen molar-refractivity contribution < 1.29 is 4.74 Å². The molecule has 0 radical (unpaired) electrons. The average molecular weight is 308 g/mol. The monoisotopic (exact) mass is 307 g/mol. The molecule has 0 aliphatic carbocycles. The number of nitrogens with one attached hydrogen (secondary N) is 1. The largest absolute Gasteiger partial charge is 0.381 e. The molecule has 0 fully saturated rings. The van der Waals surface area contributed by atoms with Gasteiger partial charge in [0.2, 0.25) is 0 Å². The molecule has 0 aliphatic rings. The Balaban J connectivity index is 2.23. The van der Waals surface area contributed by atoms with E-state index in [0.717, 1.165) is 17.8 Å². The van der Waals surface area contributed by atoms with Gasteiger partial charge in [-0.2, -0.15) is 5.10 Å². The molecule has 1 N–H and O–H groups in total. The standard InChI is InChI=1S/C16H22ClN3O/c1-12(11-16(2,3)21-4)19-14-8-5-7-13(17)15(14)20-10-6-9-18-20/h5-10,12,19H,11H2,1-4H3. The summed E-state index contributed by atoms with van der Waals surface area (Å²) in [6.07, 6.45) is 4.51. The molecule has 114 valence electrons. The van der Waals surface area contributed by atoms with Crippen LogP contribution in [0.4, 0.5) is 5.69 Å². The Hall–Kier alpha value is -1.52. The molecule has 1 aromatic carbocycles. The molecule has 0 saturated carbocycles. The van der Waals surface area contributed by atoms with E-state index in [0.29, 0.717) is 5.02 Å². The van der Waals surface area contributed by atoms with Crippen LogP contribution in [0.15, 0.2) is 36.7 Å². The minimum Gasteiger partial charge on any atom is -0.381 e. The van der Waals surface area contributed by atoms with E-state index < -0.39 is 0 Å². The highest BCUT2D eigenvalue weighted by Crippen LogP contribution is 2.29. The van der Waals surface area contributed by atoms with Crippen LogP contribution in [-0.2, 0) is 4.74 Å². The zero-order valence-electron chi connectivity index (χ0n) is 12.9. The van der Waals surface area contributed by atoms with Gasteiger partial charge in [-0.25, -0.2) is 4.68 Å². The minimum absolute atomic E-state index is 0.170. The third kappa shape index (κ3) is 3.99. The van der Waals surface area contributed by atoms with E-state index in [9.17, 15) is 0 Å². The molecule has 4 nitrogen and oxygen atoms in total. The second kappa shape index (κ2) is 6.50. The van der Waals surface area contributed by atoms with Crippen molar-refractivity contribution in [2.75, 3.05) is 12.4 Å². The molecule has 0 aliphatic heterocycles. The highest BCUT2D eigenvalue weighted by Gasteiger charge is 2.21. The predicted octanol–water partition coefficient (Wildman–Crippen LogP) is 4.14. The molecule has 1 atom stereocenters. The summed E-state index contributed by atoms with van der Waals surface area (Å²) >= 11 is 6.34. The van der Waals surface area contributed by atoms with E-state index in [-0.39, 0.29) is 11.6 Å². The summed E-state index contributed by atoms with van der Waals surface area (Å²) < 4.78 is 7.27. The van der Waals surface area contributed by atoms with E-state index >= 15 is 0 Å². The van der Waals surface area contributed by atoms with Gasteiger partial charge in [0.1, 0.15) is 5.69 Å². The number of hydrogen-bond acceptors (Lipinski definition) is 3. The Labute approximate surface area is 131 Å². The smallest absolute Gasteiger partial charge is 0.106 e. The maximum absolute atomic E-state index is 6.34. The quantitative estimate of drug-likeness (QED) is 0.871. The lowest BCUT2D eigenvalue weighted by Crippen LogP contribution is -2.31. The van der Waals surface area contributed by atoms with Gasteiger partial charge in [-0.1, -0.05) is 17.7 Å². The molecule has 0 bridgehead atoms. The summed E-state index contributed by atoms with van der Waals surface area (Å²) in [4.78, 5) is 0. The number of methoxy groups -OCH3 is 1. The number of aromatic nitrogens is 2. The van der Waals surface area contributed by atoms with E-state index in [1.807, 2.05) is 30.5 Å². The number of hydrogen-bond donors (Lipinski definition) is 1. The van der Waals surface area contributed by atoms with Crippen LogP contribution in [0.3, 0.4) is 0 Å². The van der Waals surface area contributed by atoms with E-state index in [1.54, 1.807) is 18.0 Å². The third-order valence-electron chi connectivity index (χ3n) is 3.47. The van der Waals surface area contributed by atoms with E-state index in [4.69, 9.17) is 16.3 Å². The van der Waals surface area contributed by atoms with Crippen molar-refractivity contribution in [1.29, 1.82) is 0 Å². The van der Waals surface area contributed by atoms with Crippen LogP contribution in [0.5, 0.6) is 0 Å². The number of benzene rings is 1. The number of anilines is 1. The second-order valence-electron chi connectivity index (χ2n) is 5.80. The fourth-order valence-electron chi connectivity index (χ4n) is 2.40. The Morgan fingerprint density at radius 1 is 1.38 bits per heavy atom. The van der Waals surface area contributed by atoms with Gasteiger partial charge in [0.15, 0.2) is 0 Å². The highest BCUT2D eigenvalue weighted by molar-refractivity contribution is 6.33. The second-order valence-corrected chi connectivity index (χ2v) is 6.21. The summed E-state index contributed by atoms with van der Waals surface area (Å²) in [5, 5.41) is 8.45. The van der Waals surface area contributed by atoms with Crippen molar-refractivity contribution in [3.8, 4) is 5.69 Å². The molecule has 2 rings (SSSR count). The van der Waals surface area contributed by atoms with Crippen LogP contribution < -0.4 is 5.32 Å². The highest BCUT2D eigenvalue weighted by atomic mass is 35.5. The van der Waals surface area contributed by atoms with Gasteiger partial charge in [0.25, 0.3) is 0 Å². The number of halogens is 1. The van der Waals surface area contributed by atoms with Crippen molar-refractivity contribution in [1.82, 2.24) is 9.78 Å². The molecule has 1 aromatic heterocycles. The molecule has 0 saturated heterocycles. The Morgan fingerprint density at radius 3 is 2.76 bits per heavy atom. The van der Waals surface area contributed by atoms with Crippen molar-refractivity contribution in [3.63, 3.8) is 0 Å². The number of para-hydroxylation sites is 1. The van der Waals surface area contributed by atoms with Gasteiger partial charge in [-0.3, -0.25) is 0 Å². The van der Waals surface area contributed by atoms with Gasteiger partial charge in [-0.15, -0.1) is 0 Å². The average Bonchev–Trinajstić information content (AvgIpc) is 2.91. The summed E-state index contributed by atoms with van der Waals surface area (Å²) in [7, 11) is 1.74. The Morgan fingerprint density at radius 2 is 2.14 bits per heavy atom. The number of ether oxygens (including phenoxy) is 1. The van der Waals surface area contributed by atoms with Gasteiger partial charge in [0.05, 0.1) is 16.3 Å². The van der Waals surface area contributed by atoms with Crippen molar-refractivity contribution >= 4 is 17.3 Å². The summed E-state index contributed by atoms with van der Waals surface area (Å²) in [5.41, 5.74) is 1.66. The molecule has 0 spiro atoms. The van der Waals surface area contributed by atoms with Crippen LogP contribution >= 0.6 is 11.6 Å². The fraction of sp³-hybridized carbons (Fsp3) is 0.438. The maximum Gasteiger partial charge on any atom is 0.106 e. The third-order valence-corrected chi connectivity index (χ3v) is 3.78. The Kier molecular flexibility index (Phi) is 4.91. The van der Waals surface area contributed by atoms with Gasteiger partial charge < -0.3 is 10.1 Å². The van der Waals surface area contributed by atoms with Crippen molar-refractivity contribution in [2.24, 2.45) is 0 Å². The first-order chi connectivity index (χ1) is 9.93. The maximum atomic E-state index is 6.34. The van der Waals surface area contributed by atoms with E-state index in [2.05, 4.69) is 31.2 Å². The lowest BCUT2D eigenvalue weighted by Gasteiger charge is -2.28. The molecule has 0 amide bonds. The lowest BCUT2D eigenvalue weighted by atomic mass is 9.99. The zero-order chi connectivity index (χ0) is 15.5. The first-order valence-corrected chi connectivity index (χ1v) is 7.41. The van der Waals surface area contributed by atoms with Gasteiger partial charge in [0, 0.05) is 25.5 Å². The minimum atomic E-state index is -0.170. The summed E-state index contributed by atoms with van der Waals surface area (Å²) in [5.74, 6) is 0. The topological polar surface area (TPSA) is 39.1 Å². The van der Waals surface area contributed by atoms with Crippen LogP contribution in [0, 0.1) is 0 Å². The summed E-state index contributed by atoms with van der Waals surface area (Å²) in [6, 6.07) is 7.94. The first-order valence-electron chi connectivity index (χ1n) is 7.03. The Bertz CT molecular complexity index is 581. The predicted molar refractivity (Wildman–Crippen MR) is 87.4 cm³/mol. The molecular weight excluding hydrogens is 286 g/mol. The van der Waals surface area contributed by atoms with Crippen LogP contribution in [0.25, 0.3) is 5.69 Å². The first kappa shape index (κ1) is 15.9. The number of rotatable bonds is 6. The van der Waals surface area contributed by atoms with E-state index in [1.165, 1.54) is 0 Å². The van der Waals surface area contributed by atoms with Crippen LogP contribution in [0.1, 0.15) is 27.2 Å². The SMILES string of the molecule is COC(C)(C)CC(C)Nc1cccc(Cl)c1-n1cccn1. The number of nitrogens with zero attached hydrogens (tertiary/aromatic N) is 2. The van der Waals surface area contributed by atoms with Crippen molar-refractivity contribution in [3.05, 3.63) is 41.7 Å². The van der Waals surface area contributed by atoms with Crippen molar-refractivity contribution in [2.45, 2.75) is 38.8 Å². The van der Waals surface area contributed by atoms with Crippen LogP contribution in [0.2, 0.25) is 5.02 Å². The van der Waals surface area contributed by atoms with Crippen LogP contribution in [-0.4, -0.2) is 28.5 Å². The normalized spacial score (nSPS) is 13.2. The molecule has 5 heteroatoms. The molecule has 1 unspecified atom stereocenters. The molecule has 2 aromatic rings. The zero-order valence-corrected chi connectivity index (χ0v) is 13.7. The molecule has 21 heavy (non-hydrogen) atoms.